The number of aromatic nitrogens is 2. The van der Waals surface area contributed by atoms with Gasteiger partial charge in [0.15, 0.2) is 0 Å². The van der Waals surface area contributed by atoms with Crippen LogP contribution in [0.4, 0.5) is 4.39 Å². The van der Waals surface area contributed by atoms with Gasteiger partial charge < -0.3 is 10.1 Å². The minimum absolute atomic E-state index is 0.00328. The largest absolute Gasteiger partial charge is 0.477 e. The monoisotopic (exact) mass is 302 g/mol. The summed E-state index contributed by atoms with van der Waals surface area (Å²) >= 11 is 1.36. The van der Waals surface area contributed by atoms with Gasteiger partial charge in [-0.1, -0.05) is 17.8 Å². The van der Waals surface area contributed by atoms with Crippen molar-refractivity contribution in [3.8, 4) is 0 Å². The highest BCUT2D eigenvalue weighted by atomic mass is 32.2. The van der Waals surface area contributed by atoms with Crippen molar-refractivity contribution in [2.24, 2.45) is 0 Å². The van der Waals surface area contributed by atoms with Gasteiger partial charge in [-0.25, -0.2) is 14.2 Å². The van der Waals surface area contributed by atoms with Gasteiger partial charge in [-0.05, 0) is 37.3 Å². The molecule has 0 unspecified atom stereocenters. The van der Waals surface area contributed by atoms with E-state index in [-0.39, 0.29) is 11.5 Å². The molecule has 2 heterocycles. The molecule has 0 bridgehead atoms. The molecule has 2 aromatic heterocycles. The number of hydrogen-bond donors (Lipinski definition) is 2. The molecule has 1 aromatic carbocycles. The zero-order valence-electron chi connectivity index (χ0n) is 11.1. The molecule has 0 aliphatic rings. The number of pyridine rings is 1. The van der Waals surface area contributed by atoms with E-state index >= 15 is 0 Å². The Hall–Kier alpha value is -2.34. The average Bonchev–Trinajstić information content (AvgIpc) is 2.74. The van der Waals surface area contributed by atoms with Crippen molar-refractivity contribution in [1.82, 2.24) is 9.97 Å². The normalized spacial score (nSPS) is 11.0. The molecule has 0 saturated carbocycles. The number of fused-ring (bicyclic) bond motifs is 1. The Bertz CT molecular complexity index is 845. The van der Waals surface area contributed by atoms with Crippen LogP contribution in [0.1, 0.15) is 16.2 Å². The first kappa shape index (κ1) is 13.6. The molecule has 0 spiro atoms. The predicted octanol–water partition coefficient (Wildman–Crippen LogP) is 3.86. The van der Waals surface area contributed by atoms with E-state index < -0.39 is 5.97 Å². The van der Waals surface area contributed by atoms with Crippen LogP contribution in [-0.2, 0) is 0 Å². The molecule has 106 valence electrons. The maximum absolute atomic E-state index is 13.2. The summed E-state index contributed by atoms with van der Waals surface area (Å²) < 4.78 is 13.2. The molecule has 0 fully saturated rings. The minimum Gasteiger partial charge on any atom is -0.477 e. The summed E-state index contributed by atoms with van der Waals surface area (Å²) in [6.07, 6.45) is 0. The van der Waals surface area contributed by atoms with Gasteiger partial charge in [-0.2, -0.15) is 0 Å². The lowest BCUT2D eigenvalue weighted by molar-refractivity contribution is 0.0689. The van der Waals surface area contributed by atoms with Crippen LogP contribution in [0.15, 0.2) is 46.3 Å². The lowest BCUT2D eigenvalue weighted by atomic mass is 10.2. The zero-order valence-corrected chi connectivity index (χ0v) is 11.9. The van der Waals surface area contributed by atoms with Crippen LogP contribution >= 0.6 is 11.8 Å². The molecule has 2 N–H and O–H groups in total. The number of benzene rings is 1. The predicted molar refractivity (Wildman–Crippen MR) is 78.3 cm³/mol. The van der Waals surface area contributed by atoms with E-state index in [0.29, 0.717) is 10.5 Å². The molecule has 0 atom stereocenters. The topological polar surface area (TPSA) is 66.0 Å². The summed E-state index contributed by atoms with van der Waals surface area (Å²) in [4.78, 5) is 19.1. The average molecular weight is 302 g/mol. The highest BCUT2D eigenvalue weighted by Gasteiger charge is 2.12. The number of aromatic amines is 1. The fourth-order valence-corrected chi connectivity index (χ4v) is 3.10. The Morgan fingerprint density at radius 2 is 2.14 bits per heavy atom. The molecule has 0 aliphatic carbocycles. The highest BCUT2D eigenvalue weighted by Crippen LogP contribution is 2.35. The van der Waals surface area contributed by atoms with E-state index in [1.54, 1.807) is 18.2 Å². The highest BCUT2D eigenvalue weighted by molar-refractivity contribution is 7.99. The Morgan fingerprint density at radius 1 is 1.33 bits per heavy atom. The SMILES string of the molecule is Cc1[nH]c2cc(F)ccc2c1Sc1cccc(C(=O)O)n1. The van der Waals surface area contributed by atoms with Gasteiger partial charge in [0.25, 0.3) is 0 Å². The van der Waals surface area contributed by atoms with Gasteiger partial charge in [-0.3, -0.25) is 0 Å². The van der Waals surface area contributed by atoms with Gasteiger partial charge >= 0.3 is 5.97 Å². The molecular formula is C15H11FN2O2S. The molecule has 0 saturated heterocycles. The van der Waals surface area contributed by atoms with Crippen molar-refractivity contribution < 1.29 is 14.3 Å². The van der Waals surface area contributed by atoms with Gasteiger partial charge in [0.05, 0.1) is 0 Å². The van der Waals surface area contributed by atoms with Crippen LogP contribution in [0.25, 0.3) is 10.9 Å². The van der Waals surface area contributed by atoms with Crippen molar-refractivity contribution in [3.63, 3.8) is 0 Å². The third-order valence-electron chi connectivity index (χ3n) is 3.04. The van der Waals surface area contributed by atoms with Gasteiger partial charge in [-0.15, -0.1) is 0 Å². The second-order valence-corrected chi connectivity index (χ2v) is 5.57. The molecule has 3 rings (SSSR count). The van der Waals surface area contributed by atoms with E-state index in [1.165, 1.54) is 30.0 Å². The summed E-state index contributed by atoms with van der Waals surface area (Å²) in [5.41, 5.74) is 1.61. The fraction of sp³-hybridized carbons (Fsp3) is 0.0667. The fourth-order valence-electron chi connectivity index (χ4n) is 2.11. The van der Waals surface area contributed by atoms with Crippen molar-refractivity contribution in [2.75, 3.05) is 0 Å². The standard InChI is InChI=1S/C15H11FN2O2S/c1-8-14(10-6-5-9(16)7-12(10)17-8)21-13-4-2-3-11(18-13)15(19)20/h2-7,17H,1H3,(H,19,20). The third kappa shape index (κ3) is 2.62. The number of nitrogens with zero attached hydrogens (tertiary/aromatic N) is 1. The molecule has 0 radical (unpaired) electrons. The first-order valence-corrected chi connectivity index (χ1v) is 7.02. The number of carbonyl (C=O) groups is 1. The van der Waals surface area contributed by atoms with Crippen LogP contribution in [0, 0.1) is 12.7 Å². The number of H-pyrrole nitrogens is 1. The zero-order chi connectivity index (χ0) is 15.0. The first-order chi connectivity index (χ1) is 10.0. The molecule has 6 heteroatoms. The van der Waals surface area contributed by atoms with Gasteiger partial charge in [0.2, 0.25) is 0 Å². The molecule has 0 amide bonds. The van der Waals surface area contributed by atoms with E-state index in [9.17, 15) is 9.18 Å². The quantitative estimate of drug-likeness (QED) is 0.771. The number of nitrogens with one attached hydrogen (secondary N) is 1. The first-order valence-electron chi connectivity index (χ1n) is 6.20. The maximum atomic E-state index is 13.2. The molecule has 21 heavy (non-hydrogen) atoms. The second kappa shape index (κ2) is 5.21. The van der Waals surface area contributed by atoms with Crippen LogP contribution in [0.3, 0.4) is 0 Å². The van der Waals surface area contributed by atoms with Crippen molar-refractivity contribution >= 4 is 28.6 Å². The molecule has 0 aliphatic heterocycles. The molecule has 3 aromatic rings. The maximum Gasteiger partial charge on any atom is 0.354 e. The van der Waals surface area contributed by atoms with Gasteiger partial charge in [0, 0.05) is 21.5 Å². The number of carboxylic acid groups (broad SMARTS) is 1. The number of carboxylic acids is 1. The Morgan fingerprint density at radius 3 is 2.90 bits per heavy atom. The van der Waals surface area contributed by atoms with Crippen LogP contribution in [0.2, 0.25) is 0 Å². The van der Waals surface area contributed by atoms with Crippen molar-refractivity contribution in [3.05, 3.63) is 53.6 Å². The van der Waals surface area contributed by atoms with Gasteiger partial charge in [0.1, 0.15) is 16.5 Å². The smallest absolute Gasteiger partial charge is 0.354 e. The Balaban J connectivity index is 2.04. The lowest BCUT2D eigenvalue weighted by Crippen LogP contribution is -1.99. The summed E-state index contributed by atoms with van der Waals surface area (Å²) in [5.74, 6) is -1.36. The number of aryl methyl sites for hydroxylation is 1. The minimum atomic E-state index is -1.06. The summed E-state index contributed by atoms with van der Waals surface area (Å²) in [5, 5.41) is 10.4. The Labute approximate surface area is 124 Å². The number of aromatic carboxylic acids is 1. The van der Waals surface area contributed by atoms with E-state index in [2.05, 4.69) is 9.97 Å². The second-order valence-electron chi connectivity index (χ2n) is 4.54. The number of halogens is 1. The lowest BCUT2D eigenvalue weighted by Gasteiger charge is -2.02. The molecule has 4 nitrogen and oxygen atoms in total. The third-order valence-corrected chi connectivity index (χ3v) is 4.21. The van der Waals surface area contributed by atoms with E-state index in [1.807, 2.05) is 6.92 Å². The van der Waals surface area contributed by atoms with Crippen molar-refractivity contribution in [2.45, 2.75) is 16.8 Å². The summed E-state index contributed by atoms with van der Waals surface area (Å²) in [6.45, 7) is 1.89. The van der Waals surface area contributed by atoms with Crippen LogP contribution in [-0.4, -0.2) is 21.0 Å². The summed E-state index contributed by atoms with van der Waals surface area (Å²) in [6, 6.07) is 9.40. The number of hydrogen-bond acceptors (Lipinski definition) is 3. The van der Waals surface area contributed by atoms with Crippen LogP contribution < -0.4 is 0 Å². The van der Waals surface area contributed by atoms with E-state index in [0.717, 1.165) is 16.0 Å². The number of rotatable bonds is 3. The van der Waals surface area contributed by atoms with Crippen molar-refractivity contribution in [1.29, 1.82) is 0 Å². The molecular weight excluding hydrogens is 291 g/mol. The van der Waals surface area contributed by atoms with E-state index in [4.69, 9.17) is 5.11 Å². The van der Waals surface area contributed by atoms with Crippen LogP contribution in [0.5, 0.6) is 0 Å². The summed E-state index contributed by atoms with van der Waals surface area (Å²) in [7, 11) is 0. The Kier molecular flexibility index (Phi) is 3.39.